The standard InChI is InChI=1S/C35H34N6O5/c36-33(43)26(12-2-1-3-15-29(42)41-46)22-16-18-23(19-17-22)30(34(44)39-27-13-4-8-24-10-6-20-37-31(24)27)35(45)40-28-14-5-9-25-11-7-21-38-32(25)28/h4-11,13-14,16-21,26,30,46H,1-3,12,15H2,(H2,36,43)(H,39,44)(H,40,45)(H,41,42). The summed E-state index contributed by atoms with van der Waals surface area (Å²) in [6.07, 6.45) is 5.78. The fourth-order valence-corrected chi connectivity index (χ4v) is 5.50. The van der Waals surface area contributed by atoms with Gasteiger partial charge in [-0.3, -0.25) is 34.4 Å². The summed E-state index contributed by atoms with van der Waals surface area (Å²) in [4.78, 5) is 60.3. The number of aromatic nitrogens is 2. The highest BCUT2D eigenvalue weighted by atomic mass is 16.5. The maximum Gasteiger partial charge on any atom is 0.243 e. The molecule has 2 heterocycles. The van der Waals surface area contributed by atoms with E-state index in [0.29, 0.717) is 59.2 Å². The first-order chi connectivity index (χ1) is 22.4. The minimum Gasteiger partial charge on any atom is -0.369 e. The summed E-state index contributed by atoms with van der Waals surface area (Å²) in [6.45, 7) is 0. The molecule has 1 unspecified atom stereocenters. The molecule has 0 aliphatic carbocycles. The Labute approximate surface area is 265 Å². The number of hydrogen-bond acceptors (Lipinski definition) is 7. The number of nitrogens with zero attached hydrogens (tertiary/aromatic N) is 2. The Balaban J connectivity index is 1.41. The van der Waals surface area contributed by atoms with E-state index in [1.54, 1.807) is 78.5 Å². The van der Waals surface area contributed by atoms with E-state index in [2.05, 4.69) is 20.6 Å². The molecular weight excluding hydrogens is 584 g/mol. The number of carbonyl (C=O) groups excluding carboxylic acids is 4. The number of para-hydroxylation sites is 2. The van der Waals surface area contributed by atoms with Crippen LogP contribution in [0.4, 0.5) is 11.4 Å². The number of hydrogen-bond donors (Lipinski definition) is 5. The summed E-state index contributed by atoms with van der Waals surface area (Å²) >= 11 is 0. The third-order valence-electron chi connectivity index (χ3n) is 7.84. The second-order valence-corrected chi connectivity index (χ2v) is 10.9. The fraction of sp³-hybridized carbons (Fsp3) is 0.200. The van der Waals surface area contributed by atoms with Gasteiger partial charge >= 0.3 is 0 Å². The molecule has 0 bridgehead atoms. The first kappa shape index (κ1) is 31.7. The third kappa shape index (κ3) is 7.51. The quantitative estimate of drug-likeness (QED) is 0.0523. The van der Waals surface area contributed by atoms with Crippen LogP contribution >= 0.6 is 0 Å². The van der Waals surface area contributed by atoms with Crippen LogP contribution in [0.25, 0.3) is 21.8 Å². The molecule has 0 fully saturated rings. The predicted molar refractivity (Wildman–Crippen MR) is 175 cm³/mol. The SMILES string of the molecule is NC(=O)C(CCCCCC(=O)NO)c1ccc(C(C(=O)Nc2cccc3cccnc23)C(=O)Nc2cccc3cccnc23)cc1. The lowest BCUT2D eigenvalue weighted by atomic mass is 9.89. The van der Waals surface area contributed by atoms with Crippen molar-refractivity contribution >= 4 is 56.8 Å². The third-order valence-corrected chi connectivity index (χ3v) is 7.84. The van der Waals surface area contributed by atoms with E-state index < -0.39 is 35.5 Å². The van der Waals surface area contributed by atoms with Gasteiger partial charge in [0.2, 0.25) is 23.6 Å². The van der Waals surface area contributed by atoms with Gasteiger partial charge in [0.05, 0.1) is 28.3 Å². The van der Waals surface area contributed by atoms with Crippen molar-refractivity contribution in [1.29, 1.82) is 0 Å². The van der Waals surface area contributed by atoms with Crippen LogP contribution < -0.4 is 21.8 Å². The van der Waals surface area contributed by atoms with Gasteiger partial charge in [0.1, 0.15) is 5.92 Å². The summed E-state index contributed by atoms with van der Waals surface area (Å²) in [5.74, 6) is -3.94. The van der Waals surface area contributed by atoms with E-state index >= 15 is 0 Å². The van der Waals surface area contributed by atoms with Gasteiger partial charge in [-0.25, -0.2) is 5.48 Å². The predicted octanol–water partition coefficient (Wildman–Crippen LogP) is 5.17. The van der Waals surface area contributed by atoms with Crippen molar-refractivity contribution in [2.24, 2.45) is 5.73 Å². The minimum atomic E-state index is -1.27. The smallest absolute Gasteiger partial charge is 0.243 e. The van der Waals surface area contributed by atoms with Gasteiger partial charge in [0, 0.05) is 29.6 Å². The van der Waals surface area contributed by atoms with Crippen molar-refractivity contribution in [2.45, 2.75) is 43.9 Å². The summed E-state index contributed by atoms with van der Waals surface area (Å²) < 4.78 is 0. The van der Waals surface area contributed by atoms with E-state index in [4.69, 9.17) is 10.9 Å². The van der Waals surface area contributed by atoms with Crippen LogP contribution in [-0.2, 0) is 19.2 Å². The number of primary amides is 1. The van der Waals surface area contributed by atoms with Crippen molar-refractivity contribution in [3.63, 3.8) is 0 Å². The maximum absolute atomic E-state index is 13.9. The van der Waals surface area contributed by atoms with E-state index in [9.17, 15) is 19.2 Å². The van der Waals surface area contributed by atoms with Gasteiger partial charge in [-0.05, 0) is 48.2 Å². The molecule has 0 aliphatic rings. The number of nitrogens with two attached hydrogens (primary N) is 1. The maximum atomic E-state index is 13.9. The molecule has 46 heavy (non-hydrogen) atoms. The Kier molecular flexibility index (Phi) is 10.3. The zero-order valence-electron chi connectivity index (χ0n) is 25.0. The molecule has 11 nitrogen and oxygen atoms in total. The molecule has 0 saturated heterocycles. The molecule has 0 saturated carbocycles. The highest BCUT2D eigenvalue weighted by Crippen LogP contribution is 2.29. The lowest BCUT2D eigenvalue weighted by molar-refractivity contribution is -0.129. The molecule has 6 N–H and O–H groups in total. The van der Waals surface area contributed by atoms with Gasteiger partial charge in [0.15, 0.2) is 0 Å². The Bertz CT molecular complexity index is 1770. The number of fused-ring (bicyclic) bond motifs is 2. The molecular formula is C35H34N6O5. The molecule has 4 amide bonds. The second-order valence-electron chi connectivity index (χ2n) is 10.9. The van der Waals surface area contributed by atoms with Crippen LogP contribution in [0, 0.1) is 0 Å². The molecule has 1 atom stereocenters. The number of amides is 4. The summed E-state index contributed by atoms with van der Waals surface area (Å²) in [5, 5.41) is 16.1. The number of benzene rings is 3. The molecule has 0 aliphatic heterocycles. The van der Waals surface area contributed by atoms with Crippen LogP contribution in [0.1, 0.15) is 55.1 Å². The molecule has 5 rings (SSSR count). The Morgan fingerprint density at radius 1 is 0.674 bits per heavy atom. The van der Waals surface area contributed by atoms with Crippen LogP contribution in [0.2, 0.25) is 0 Å². The number of anilines is 2. The van der Waals surface area contributed by atoms with E-state index in [0.717, 1.165) is 10.8 Å². The number of rotatable bonds is 13. The van der Waals surface area contributed by atoms with Gasteiger partial charge in [-0.2, -0.15) is 0 Å². The largest absolute Gasteiger partial charge is 0.369 e. The number of unbranched alkanes of at least 4 members (excludes halogenated alkanes) is 2. The van der Waals surface area contributed by atoms with Crippen LogP contribution in [0.15, 0.2) is 97.3 Å². The van der Waals surface area contributed by atoms with Crippen molar-refractivity contribution in [3.8, 4) is 0 Å². The zero-order chi connectivity index (χ0) is 32.5. The molecule has 3 aromatic carbocycles. The lowest BCUT2D eigenvalue weighted by Crippen LogP contribution is -2.32. The highest BCUT2D eigenvalue weighted by molar-refractivity contribution is 6.17. The Hall–Kier alpha value is -5.68. The second kappa shape index (κ2) is 14.9. The number of pyridine rings is 2. The van der Waals surface area contributed by atoms with E-state index in [1.165, 1.54) is 0 Å². The zero-order valence-corrected chi connectivity index (χ0v) is 25.0. The fourth-order valence-electron chi connectivity index (χ4n) is 5.50. The van der Waals surface area contributed by atoms with Crippen molar-refractivity contribution < 1.29 is 24.4 Å². The van der Waals surface area contributed by atoms with Crippen LogP contribution in [0.3, 0.4) is 0 Å². The number of carbonyl (C=O) groups is 4. The molecule has 0 radical (unpaired) electrons. The molecule has 2 aromatic heterocycles. The summed E-state index contributed by atoms with van der Waals surface area (Å²) in [5.41, 5.74) is 10.5. The first-order valence-electron chi connectivity index (χ1n) is 15.0. The first-order valence-corrected chi connectivity index (χ1v) is 15.0. The summed E-state index contributed by atoms with van der Waals surface area (Å²) in [7, 11) is 0. The molecule has 11 heteroatoms. The van der Waals surface area contributed by atoms with Crippen molar-refractivity contribution in [3.05, 3.63) is 108 Å². The van der Waals surface area contributed by atoms with E-state index in [1.807, 2.05) is 24.3 Å². The monoisotopic (exact) mass is 618 g/mol. The van der Waals surface area contributed by atoms with Gasteiger partial charge in [-0.1, -0.05) is 73.5 Å². The van der Waals surface area contributed by atoms with Crippen LogP contribution in [0.5, 0.6) is 0 Å². The van der Waals surface area contributed by atoms with Gasteiger partial charge in [-0.15, -0.1) is 0 Å². The lowest BCUT2D eigenvalue weighted by Gasteiger charge is -2.20. The van der Waals surface area contributed by atoms with Gasteiger partial charge < -0.3 is 16.4 Å². The topological polar surface area (TPSA) is 176 Å². The summed E-state index contributed by atoms with van der Waals surface area (Å²) in [6, 6.07) is 24.9. The molecule has 234 valence electrons. The molecule has 0 spiro atoms. The van der Waals surface area contributed by atoms with Crippen LogP contribution in [-0.4, -0.2) is 38.8 Å². The number of nitrogens with one attached hydrogen (secondary N) is 3. The normalized spacial score (nSPS) is 11.7. The average Bonchev–Trinajstić information content (AvgIpc) is 3.07. The average molecular weight is 619 g/mol. The number of hydroxylamine groups is 1. The molecule has 5 aromatic rings. The van der Waals surface area contributed by atoms with Gasteiger partial charge in [0.25, 0.3) is 0 Å². The van der Waals surface area contributed by atoms with Crippen molar-refractivity contribution in [2.75, 3.05) is 10.6 Å². The Morgan fingerprint density at radius 3 is 1.72 bits per heavy atom. The van der Waals surface area contributed by atoms with Crippen molar-refractivity contribution in [1.82, 2.24) is 15.4 Å². The Morgan fingerprint density at radius 2 is 1.20 bits per heavy atom. The van der Waals surface area contributed by atoms with E-state index in [-0.39, 0.29) is 6.42 Å². The minimum absolute atomic E-state index is 0.182. The highest BCUT2D eigenvalue weighted by Gasteiger charge is 2.30.